The number of hydrogen-bond acceptors (Lipinski definition) is 3. The van der Waals surface area contributed by atoms with E-state index in [-0.39, 0.29) is 29.7 Å². The molecule has 2 amide bonds. The fourth-order valence-corrected chi connectivity index (χ4v) is 6.88. The molecule has 3 fully saturated rings. The molecule has 26 heavy (non-hydrogen) atoms. The van der Waals surface area contributed by atoms with Crippen LogP contribution >= 0.6 is 31.9 Å². The Bertz CT molecular complexity index is 794. The van der Waals surface area contributed by atoms with Crippen LogP contribution < -0.4 is 4.90 Å². The smallest absolute Gasteiger partial charge is 0.251 e. The molecule has 0 aromatic heterocycles. The molecular formula is C20H24Br2N2O2. The summed E-state index contributed by atoms with van der Waals surface area (Å²) in [6.07, 6.45) is 3.71. The second-order valence-corrected chi connectivity index (χ2v) is 11.0. The van der Waals surface area contributed by atoms with Gasteiger partial charge in [0.15, 0.2) is 0 Å². The first-order valence-corrected chi connectivity index (χ1v) is 10.7. The zero-order valence-corrected chi connectivity index (χ0v) is 18.6. The van der Waals surface area contributed by atoms with Crippen molar-refractivity contribution in [1.82, 2.24) is 4.90 Å². The van der Waals surface area contributed by atoms with E-state index in [1.807, 2.05) is 18.2 Å². The third kappa shape index (κ3) is 3.08. The Hall–Kier alpha value is -0.720. The summed E-state index contributed by atoms with van der Waals surface area (Å²) in [6.45, 7) is 7.91. The number of hydrogen-bond donors (Lipinski definition) is 0. The molecule has 1 aromatic carbocycles. The van der Waals surface area contributed by atoms with Crippen LogP contribution in [0.5, 0.6) is 0 Å². The van der Waals surface area contributed by atoms with Crippen LogP contribution in [0.15, 0.2) is 27.1 Å². The average molecular weight is 484 g/mol. The van der Waals surface area contributed by atoms with Crippen molar-refractivity contribution < 1.29 is 9.59 Å². The minimum atomic E-state index is -0.321. The molecule has 3 aliphatic rings. The first-order valence-electron chi connectivity index (χ1n) is 9.16. The monoisotopic (exact) mass is 482 g/mol. The van der Waals surface area contributed by atoms with Crippen LogP contribution in [0, 0.1) is 10.8 Å². The van der Waals surface area contributed by atoms with Crippen LogP contribution in [-0.2, 0) is 9.59 Å². The highest BCUT2D eigenvalue weighted by Crippen LogP contribution is 2.53. The number of anilines is 1. The number of rotatable bonds is 2. The second-order valence-electron chi connectivity index (χ2n) is 9.27. The highest BCUT2D eigenvalue weighted by Gasteiger charge is 2.55. The molecule has 1 aromatic rings. The van der Waals surface area contributed by atoms with E-state index in [1.165, 1.54) is 11.3 Å². The van der Waals surface area contributed by atoms with E-state index in [9.17, 15) is 9.59 Å². The average Bonchev–Trinajstić information content (AvgIpc) is 2.92. The molecule has 4 nitrogen and oxygen atoms in total. The summed E-state index contributed by atoms with van der Waals surface area (Å²) in [5.41, 5.74) is 1.19. The van der Waals surface area contributed by atoms with Crippen molar-refractivity contribution in [2.75, 3.05) is 11.4 Å². The molecule has 2 bridgehead atoms. The summed E-state index contributed by atoms with van der Waals surface area (Å²) in [7, 11) is 0. The van der Waals surface area contributed by atoms with E-state index in [4.69, 9.17) is 0 Å². The van der Waals surface area contributed by atoms with Gasteiger partial charge >= 0.3 is 0 Å². The van der Waals surface area contributed by atoms with E-state index in [0.717, 1.165) is 28.3 Å². The summed E-state index contributed by atoms with van der Waals surface area (Å²) < 4.78 is 1.66. The van der Waals surface area contributed by atoms with Crippen LogP contribution in [0.25, 0.3) is 0 Å². The van der Waals surface area contributed by atoms with Crippen molar-refractivity contribution in [3.05, 3.63) is 27.1 Å². The molecule has 0 spiro atoms. The number of carbonyl (C=O) groups is 2. The third-order valence-corrected chi connectivity index (χ3v) is 7.26. The lowest BCUT2D eigenvalue weighted by atomic mass is 9.65. The maximum Gasteiger partial charge on any atom is 0.251 e. The lowest BCUT2D eigenvalue weighted by Crippen LogP contribution is -2.45. The Balaban J connectivity index is 1.62. The lowest BCUT2D eigenvalue weighted by molar-refractivity contribution is -0.123. The van der Waals surface area contributed by atoms with Crippen LogP contribution in [0.4, 0.5) is 5.69 Å². The van der Waals surface area contributed by atoms with Gasteiger partial charge in [-0.05, 0) is 64.2 Å². The van der Waals surface area contributed by atoms with Gasteiger partial charge in [0.25, 0.3) is 5.91 Å². The third-order valence-electron chi connectivity index (χ3n) is 6.13. The van der Waals surface area contributed by atoms with E-state index < -0.39 is 0 Å². The number of benzene rings is 1. The van der Waals surface area contributed by atoms with Crippen LogP contribution in [-0.4, -0.2) is 35.3 Å². The van der Waals surface area contributed by atoms with Crippen LogP contribution in [0.3, 0.4) is 0 Å². The number of carbonyl (C=O) groups excluding carboxylic acids is 2. The number of amides is 2. The van der Waals surface area contributed by atoms with Gasteiger partial charge in [0.2, 0.25) is 5.91 Å². The summed E-state index contributed by atoms with van der Waals surface area (Å²) in [6, 6.07) is 5.63. The SMILES string of the molecule is CC1(C)CC2CC(C)(CN2C2CC(=O)N(c3ccc(Br)cc3Br)C2=O)C1. The topological polar surface area (TPSA) is 40.6 Å². The Morgan fingerprint density at radius 2 is 1.85 bits per heavy atom. The fourth-order valence-electron chi connectivity index (χ4n) is 5.66. The van der Waals surface area contributed by atoms with Crippen molar-refractivity contribution in [2.24, 2.45) is 10.8 Å². The maximum absolute atomic E-state index is 13.2. The van der Waals surface area contributed by atoms with E-state index >= 15 is 0 Å². The first-order chi connectivity index (χ1) is 12.1. The first kappa shape index (κ1) is 18.6. The number of halogens is 2. The van der Waals surface area contributed by atoms with Crippen molar-refractivity contribution >= 4 is 49.4 Å². The van der Waals surface area contributed by atoms with E-state index in [1.54, 1.807) is 0 Å². The lowest BCUT2D eigenvalue weighted by Gasteiger charge is -2.40. The quantitative estimate of drug-likeness (QED) is 0.570. The van der Waals surface area contributed by atoms with E-state index in [0.29, 0.717) is 17.1 Å². The maximum atomic E-state index is 13.2. The number of likely N-dealkylation sites (tertiary alicyclic amines) is 1. The zero-order chi connectivity index (χ0) is 18.9. The van der Waals surface area contributed by atoms with Crippen molar-refractivity contribution in [3.63, 3.8) is 0 Å². The normalized spacial score (nSPS) is 34.0. The summed E-state index contributed by atoms with van der Waals surface area (Å²) in [5, 5.41) is 0. The Kier molecular flexibility index (Phi) is 4.40. The molecule has 0 radical (unpaired) electrons. The Morgan fingerprint density at radius 1 is 1.12 bits per heavy atom. The van der Waals surface area contributed by atoms with E-state index in [2.05, 4.69) is 57.5 Å². The Labute approximate surface area is 171 Å². The van der Waals surface area contributed by atoms with Gasteiger partial charge in [-0.2, -0.15) is 0 Å². The second kappa shape index (κ2) is 6.14. The largest absolute Gasteiger partial charge is 0.288 e. The van der Waals surface area contributed by atoms with Gasteiger partial charge in [-0.3, -0.25) is 14.5 Å². The Morgan fingerprint density at radius 3 is 2.54 bits per heavy atom. The minimum absolute atomic E-state index is 0.0769. The molecule has 4 rings (SSSR count). The molecule has 0 N–H and O–H groups in total. The van der Waals surface area contributed by atoms with Crippen LogP contribution in [0.2, 0.25) is 0 Å². The van der Waals surface area contributed by atoms with Crippen molar-refractivity contribution in [1.29, 1.82) is 0 Å². The fraction of sp³-hybridized carbons (Fsp3) is 0.600. The van der Waals surface area contributed by atoms with Gasteiger partial charge in [0.05, 0.1) is 18.2 Å². The summed E-state index contributed by atoms with van der Waals surface area (Å²) >= 11 is 6.92. The van der Waals surface area contributed by atoms with Gasteiger partial charge in [-0.15, -0.1) is 0 Å². The number of nitrogens with zero attached hydrogens (tertiary/aromatic N) is 2. The predicted molar refractivity (Wildman–Crippen MR) is 109 cm³/mol. The molecule has 2 saturated heterocycles. The van der Waals surface area contributed by atoms with Crippen molar-refractivity contribution in [3.8, 4) is 0 Å². The summed E-state index contributed by atoms with van der Waals surface area (Å²) in [4.78, 5) is 29.7. The number of imide groups is 1. The summed E-state index contributed by atoms with van der Waals surface area (Å²) in [5.74, 6) is -0.180. The molecule has 1 aliphatic carbocycles. The number of fused-ring (bicyclic) bond motifs is 2. The molecule has 1 saturated carbocycles. The molecule has 2 aliphatic heterocycles. The van der Waals surface area contributed by atoms with Crippen molar-refractivity contribution in [2.45, 2.75) is 58.5 Å². The molecule has 3 unspecified atom stereocenters. The predicted octanol–water partition coefficient (Wildman–Crippen LogP) is 4.74. The highest BCUT2D eigenvalue weighted by molar-refractivity contribution is 9.11. The highest BCUT2D eigenvalue weighted by atomic mass is 79.9. The van der Waals surface area contributed by atoms with Crippen LogP contribution in [0.1, 0.15) is 46.5 Å². The molecule has 6 heteroatoms. The van der Waals surface area contributed by atoms with Gasteiger partial charge in [-0.25, -0.2) is 4.90 Å². The van der Waals surface area contributed by atoms with Gasteiger partial charge in [0.1, 0.15) is 0 Å². The molecule has 3 atom stereocenters. The van der Waals surface area contributed by atoms with Gasteiger partial charge in [-0.1, -0.05) is 36.7 Å². The standard InChI is InChI=1S/C20H24Br2N2O2/c1-19(2)8-13-9-20(3,10-19)11-23(13)16-7-17(25)24(18(16)26)15-5-4-12(21)6-14(15)22/h4-6,13,16H,7-11H2,1-3H3. The molecule has 2 heterocycles. The minimum Gasteiger partial charge on any atom is -0.288 e. The van der Waals surface area contributed by atoms with Gasteiger partial charge in [0, 0.05) is 21.5 Å². The molecular weight excluding hydrogens is 460 g/mol. The molecule has 140 valence electrons. The van der Waals surface area contributed by atoms with Gasteiger partial charge < -0.3 is 0 Å². The zero-order valence-electron chi connectivity index (χ0n) is 15.4.